The SMILES string of the molecule is CCCCCCCCC(O)/C=C\S(=O)(=O)c1ccc(C)cc1. The van der Waals surface area contributed by atoms with Crippen LogP contribution in [0.4, 0.5) is 0 Å². The van der Waals surface area contributed by atoms with Crippen LogP contribution in [0.2, 0.25) is 0 Å². The molecule has 1 rings (SSSR count). The van der Waals surface area contributed by atoms with Crippen molar-refractivity contribution in [3.8, 4) is 0 Å². The predicted molar refractivity (Wildman–Crippen MR) is 91.5 cm³/mol. The summed E-state index contributed by atoms with van der Waals surface area (Å²) in [7, 11) is -3.46. The molecule has 0 radical (unpaired) electrons. The van der Waals surface area contributed by atoms with Crippen LogP contribution in [0.1, 0.15) is 57.4 Å². The number of benzene rings is 1. The third kappa shape index (κ3) is 7.23. The van der Waals surface area contributed by atoms with Crippen molar-refractivity contribution < 1.29 is 13.5 Å². The second kappa shape index (κ2) is 9.80. The van der Waals surface area contributed by atoms with Crippen LogP contribution < -0.4 is 0 Å². The van der Waals surface area contributed by atoms with Crippen LogP contribution >= 0.6 is 0 Å². The molecular formula is C18H28O3S. The summed E-state index contributed by atoms with van der Waals surface area (Å²) < 4.78 is 24.2. The molecule has 1 unspecified atom stereocenters. The highest BCUT2D eigenvalue weighted by Gasteiger charge is 2.10. The van der Waals surface area contributed by atoms with Gasteiger partial charge in [-0.1, -0.05) is 63.1 Å². The molecule has 22 heavy (non-hydrogen) atoms. The van der Waals surface area contributed by atoms with Gasteiger partial charge in [-0.3, -0.25) is 0 Å². The molecule has 0 saturated heterocycles. The molecule has 0 spiro atoms. The van der Waals surface area contributed by atoms with Gasteiger partial charge in [0.25, 0.3) is 0 Å². The van der Waals surface area contributed by atoms with Crippen molar-refractivity contribution in [3.63, 3.8) is 0 Å². The third-order valence-electron chi connectivity index (χ3n) is 3.68. The monoisotopic (exact) mass is 324 g/mol. The predicted octanol–water partition coefficient (Wildman–Crippen LogP) is 4.39. The van der Waals surface area contributed by atoms with Gasteiger partial charge in [-0.05, 0) is 31.6 Å². The summed E-state index contributed by atoms with van der Waals surface area (Å²) in [6.45, 7) is 4.10. The maximum absolute atomic E-state index is 12.1. The standard InChI is InChI=1S/C18H28O3S/c1-3-4-5-6-7-8-9-17(19)14-15-22(20,21)18-12-10-16(2)11-13-18/h10-15,17,19H,3-9H2,1-2H3/b15-14-. The maximum Gasteiger partial charge on any atom is 0.199 e. The number of aliphatic hydroxyl groups is 1. The molecule has 0 bridgehead atoms. The van der Waals surface area contributed by atoms with E-state index in [1.54, 1.807) is 24.3 Å². The first-order valence-corrected chi connectivity index (χ1v) is 9.68. The van der Waals surface area contributed by atoms with E-state index >= 15 is 0 Å². The number of rotatable bonds is 10. The van der Waals surface area contributed by atoms with E-state index in [0.717, 1.165) is 23.8 Å². The van der Waals surface area contributed by atoms with E-state index in [1.165, 1.54) is 31.8 Å². The smallest absolute Gasteiger partial charge is 0.199 e. The topological polar surface area (TPSA) is 54.4 Å². The Labute approximate surface area is 135 Å². The second-order valence-corrected chi connectivity index (χ2v) is 7.64. The van der Waals surface area contributed by atoms with Gasteiger partial charge in [0.1, 0.15) is 0 Å². The minimum atomic E-state index is -3.46. The Hall–Kier alpha value is -1.13. The van der Waals surface area contributed by atoms with Crippen LogP contribution in [-0.2, 0) is 9.84 Å². The maximum atomic E-state index is 12.1. The number of unbranched alkanes of at least 4 members (excludes halogenated alkanes) is 5. The van der Waals surface area contributed by atoms with E-state index < -0.39 is 15.9 Å². The van der Waals surface area contributed by atoms with E-state index in [2.05, 4.69) is 6.92 Å². The summed E-state index contributed by atoms with van der Waals surface area (Å²) in [4.78, 5) is 0.265. The Morgan fingerprint density at radius 3 is 2.27 bits per heavy atom. The Morgan fingerprint density at radius 1 is 1.05 bits per heavy atom. The lowest BCUT2D eigenvalue weighted by molar-refractivity contribution is 0.208. The quantitative estimate of drug-likeness (QED) is 0.649. The summed E-state index contributed by atoms with van der Waals surface area (Å²) in [5.41, 5.74) is 1.02. The van der Waals surface area contributed by atoms with Crippen molar-refractivity contribution in [2.45, 2.75) is 69.8 Å². The third-order valence-corrected chi connectivity index (χ3v) is 5.13. The first-order chi connectivity index (χ1) is 10.5. The fraction of sp³-hybridized carbons (Fsp3) is 0.556. The molecule has 0 aromatic heterocycles. The molecular weight excluding hydrogens is 296 g/mol. The van der Waals surface area contributed by atoms with Gasteiger partial charge in [-0.2, -0.15) is 0 Å². The molecule has 1 atom stereocenters. The van der Waals surface area contributed by atoms with Crippen LogP contribution in [0.3, 0.4) is 0 Å². The molecule has 0 saturated carbocycles. The Kier molecular flexibility index (Phi) is 8.43. The molecule has 0 amide bonds. The molecule has 3 nitrogen and oxygen atoms in total. The molecule has 1 N–H and O–H groups in total. The van der Waals surface area contributed by atoms with Crippen LogP contribution in [0, 0.1) is 6.92 Å². The summed E-state index contributed by atoms with van der Waals surface area (Å²) >= 11 is 0. The van der Waals surface area contributed by atoms with Gasteiger partial charge in [0.15, 0.2) is 9.84 Å². The largest absolute Gasteiger partial charge is 0.389 e. The zero-order valence-electron chi connectivity index (χ0n) is 13.7. The average Bonchev–Trinajstić information content (AvgIpc) is 2.49. The number of aliphatic hydroxyl groups excluding tert-OH is 1. The van der Waals surface area contributed by atoms with E-state index in [0.29, 0.717) is 6.42 Å². The molecule has 4 heteroatoms. The van der Waals surface area contributed by atoms with Gasteiger partial charge in [-0.25, -0.2) is 8.42 Å². The molecule has 0 aliphatic heterocycles. The highest BCUT2D eigenvalue weighted by molar-refractivity contribution is 7.94. The zero-order valence-corrected chi connectivity index (χ0v) is 14.5. The van der Waals surface area contributed by atoms with Crippen LogP contribution in [0.25, 0.3) is 0 Å². The highest BCUT2D eigenvalue weighted by atomic mass is 32.2. The van der Waals surface area contributed by atoms with Gasteiger partial charge in [0, 0.05) is 5.41 Å². The molecule has 0 heterocycles. The van der Waals surface area contributed by atoms with E-state index in [-0.39, 0.29) is 4.90 Å². The van der Waals surface area contributed by atoms with E-state index in [9.17, 15) is 13.5 Å². The number of sulfone groups is 1. The Bertz CT molecular complexity index is 544. The van der Waals surface area contributed by atoms with Crippen molar-refractivity contribution in [1.82, 2.24) is 0 Å². The number of aryl methyl sites for hydroxylation is 1. The lowest BCUT2D eigenvalue weighted by atomic mass is 10.1. The lowest BCUT2D eigenvalue weighted by Crippen LogP contribution is -2.04. The lowest BCUT2D eigenvalue weighted by Gasteiger charge is -2.06. The fourth-order valence-corrected chi connectivity index (χ4v) is 3.29. The number of hydrogen-bond donors (Lipinski definition) is 1. The van der Waals surface area contributed by atoms with Crippen molar-refractivity contribution in [3.05, 3.63) is 41.3 Å². The first-order valence-electron chi connectivity index (χ1n) is 8.13. The van der Waals surface area contributed by atoms with Crippen molar-refractivity contribution in [1.29, 1.82) is 0 Å². The average molecular weight is 324 g/mol. The Morgan fingerprint density at radius 2 is 1.64 bits per heavy atom. The zero-order chi connectivity index (χ0) is 16.4. The summed E-state index contributed by atoms with van der Waals surface area (Å²) in [5, 5.41) is 11.0. The van der Waals surface area contributed by atoms with Gasteiger partial charge in [0.2, 0.25) is 0 Å². The summed E-state index contributed by atoms with van der Waals surface area (Å²) in [5.74, 6) is 0. The van der Waals surface area contributed by atoms with Crippen LogP contribution in [0.15, 0.2) is 40.6 Å². The van der Waals surface area contributed by atoms with Crippen LogP contribution in [0.5, 0.6) is 0 Å². The van der Waals surface area contributed by atoms with E-state index in [1.807, 2.05) is 6.92 Å². The van der Waals surface area contributed by atoms with Gasteiger partial charge >= 0.3 is 0 Å². The minimum absolute atomic E-state index is 0.265. The highest BCUT2D eigenvalue weighted by Crippen LogP contribution is 2.14. The van der Waals surface area contributed by atoms with Gasteiger partial charge in [-0.15, -0.1) is 0 Å². The minimum Gasteiger partial charge on any atom is -0.389 e. The van der Waals surface area contributed by atoms with Crippen molar-refractivity contribution in [2.75, 3.05) is 0 Å². The molecule has 1 aromatic rings. The van der Waals surface area contributed by atoms with Gasteiger partial charge < -0.3 is 5.11 Å². The summed E-state index contributed by atoms with van der Waals surface area (Å²) in [6.07, 6.45) is 8.25. The Balaban J connectivity index is 2.40. The van der Waals surface area contributed by atoms with E-state index in [4.69, 9.17) is 0 Å². The summed E-state index contributed by atoms with van der Waals surface area (Å²) in [6, 6.07) is 6.73. The molecule has 0 fully saturated rings. The van der Waals surface area contributed by atoms with Crippen molar-refractivity contribution in [2.24, 2.45) is 0 Å². The normalized spacial score (nSPS) is 13.6. The second-order valence-electron chi connectivity index (χ2n) is 5.81. The number of hydrogen-bond acceptors (Lipinski definition) is 3. The first kappa shape index (κ1) is 18.9. The fourth-order valence-electron chi connectivity index (χ4n) is 2.23. The molecule has 124 valence electrons. The molecule has 1 aromatic carbocycles. The van der Waals surface area contributed by atoms with Gasteiger partial charge in [0.05, 0.1) is 11.0 Å². The van der Waals surface area contributed by atoms with Crippen molar-refractivity contribution >= 4 is 9.84 Å². The molecule has 0 aliphatic carbocycles. The van der Waals surface area contributed by atoms with Crippen LogP contribution in [-0.4, -0.2) is 19.6 Å². The molecule has 0 aliphatic rings.